The van der Waals surface area contributed by atoms with Gasteiger partial charge in [0.05, 0.1) is 6.10 Å². The van der Waals surface area contributed by atoms with Gasteiger partial charge in [0.15, 0.2) is 0 Å². The number of aliphatic hydroxyl groups is 1. The SMILES string of the molecule is COCC(=O)N[C@H]1CC[C@@]2(C)CC[C@@H]([C@H](C)C(=O)NCc3ccccc3Cl)[C@H](O)[C@H]2[C@H]1C. The Kier molecular flexibility index (Phi) is 8.23. The molecule has 178 valence electrons. The fraction of sp³-hybridized carbons (Fsp3) is 0.680. The smallest absolute Gasteiger partial charge is 0.246 e. The molecule has 0 spiro atoms. The summed E-state index contributed by atoms with van der Waals surface area (Å²) in [4.78, 5) is 25.0. The summed E-state index contributed by atoms with van der Waals surface area (Å²) >= 11 is 6.21. The average Bonchev–Trinajstić information content (AvgIpc) is 2.75. The Hall–Kier alpha value is -1.63. The molecular weight excluding hydrogens is 428 g/mol. The van der Waals surface area contributed by atoms with Gasteiger partial charge in [0.2, 0.25) is 11.8 Å². The van der Waals surface area contributed by atoms with E-state index in [1.165, 1.54) is 7.11 Å². The number of aliphatic hydroxyl groups excluding tert-OH is 1. The Morgan fingerprint density at radius 3 is 2.66 bits per heavy atom. The number of hydrogen-bond donors (Lipinski definition) is 3. The Morgan fingerprint density at radius 1 is 1.28 bits per heavy atom. The molecular formula is C25H37ClN2O4. The average molecular weight is 465 g/mol. The monoisotopic (exact) mass is 464 g/mol. The largest absolute Gasteiger partial charge is 0.392 e. The minimum atomic E-state index is -0.591. The van der Waals surface area contributed by atoms with E-state index < -0.39 is 6.10 Å². The van der Waals surface area contributed by atoms with Crippen LogP contribution in [0.2, 0.25) is 5.02 Å². The molecule has 0 aliphatic heterocycles. The van der Waals surface area contributed by atoms with Gasteiger partial charge in [0.1, 0.15) is 6.61 Å². The van der Waals surface area contributed by atoms with Gasteiger partial charge in [-0.2, -0.15) is 0 Å². The number of fused-ring (bicyclic) bond motifs is 1. The summed E-state index contributed by atoms with van der Waals surface area (Å²) in [6, 6.07) is 7.48. The summed E-state index contributed by atoms with van der Waals surface area (Å²) in [5, 5.41) is 18.2. The van der Waals surface area contributed by atoms with Gasteiger partial charge in [-0.15, -0.1) is 0 Å². The Labute approximate surface area is 196 Å². The molecule has 6 nitrogen and oxygen atoms in total. The quantitative estimate of drug-likeness (QED) is 0.575. The zero-order valence-corrected chi connectivity index (χ0v) is 20.3. The van der Waals surface area contributed by atoms with Crippen LogP contribution in [0.4, 0.5) is 0 Å². The molecule has 1 aromatic carbocycles. The summed E-state index contributed by atoms with van der Waals surface area (Å²) in [5.74, 6) is -0.469. The molecule has 1 aromatic rings. The number of halogens is 1. The van der Waals surface area contributed by atoms with Crippen molar-refractivity contribution in [2.45, 2.75) is 65.1 Å². The highest BCUT2D eigenvalue weighted by molar-refractivity contribution is 6.31. The van der Waals surface area contributed by atoms with E-state index in [-0.39, 0.29) is 53.5 Å². The predicted octanol–water partition coefficient (Wildman–Crippen LogP) is 3.55. The van der Waals surface area contributed by atoms with E-state index in [0.717, 1.165) is 31.2 Å². The topological polar surface area (TPSA) is 87.7 Å². The molecule has 2 aliphatic carbocycles. The zero-order chi connectivity index (χ0) is 23.5. The van der Waals surface area contributed by atoms with Crippen molar-refractivity contribution in [1.29, 1.82) is 0 Å². The van der Waals surface area contributed by atoms with Gasteiger partial charge in [0.25, 0.3) is 0 Å². The fourth-order valence-corrected chi connectivity index (χ4v) is 6.26. The third-order valence-electron chi connectivity index (χ3n) is 7.98. The molecule has 32 heavy (non-hydrogen) atoms. The minimum Gasteiger partial charge on any atom is -0.392 e. The summed E-state index contributed by atoms with van der Waals surface area (Å²) in [6.45, 7) is 6.69. The second-order valence-corrected chi connectivity index (χ2v) is 10.4. The van der Waals surface area contributed by atoms with E-state index in [4.69, 9.17) is 16.3 Å². The van der Waals surface area contributed by atoms with Crippen molar-refractivity contribution in [1.82, 2.24) is 10.6 Å². The van der Waals surface area contributed by atoms with Crippen LogP contribution in [0.25, 0.3) is 0 Å². The van der Waals surface area contributed by atoms with Gasteiger partial charge in [-0.25, -0.2) is 0 Å². The molecule has 3 N–H and O–H groups in total. The van der Waals surface area contributed by atoms with Gasteiger partial charge in [-0.3, -0.25) is 9.59 Å². The third-order valence-corrected chi connectivity index (χ3v) is 8.34. The van der Waals surface area contributed by atoms with Crippen LogP contribution < -0.4 is 10.6 Å². The van der Waals surface area contributed by atoms with Gasteiger partial charge in [-0.05, 0) is 60.5 Å². The molecule has 0 saturated heterocycles. The molecule has 2 aliphatic rings. The van der Waals surface area contributed by atoms with Crippen molar-refractivity contribution in [2.75, 3.05) is 13.7 Å². The van der Waals surface area contributed by atoms with Crippen molar-refractivity contribution in [2.24, 2.45) is 29.1 Å². The predicted molar refractivity (Wildman–Crippen MR) is 125 cm³/mol. The van der Waals surface area contributed by atoms with E-state index in [1.807, 2.05) is 31.2 Å². The molecule has 0 heterocycles. The Balaban J connectivity index is 1.67. The van der Waals surface area contributed by atoms with E-state index in [2.05, 4.69) is 24.5 Å². The standard InChI is InChI=1S/C25H37ClN2O4/c1-15(24(31)27-13-17-7-5-6-8-19(17)26)18-9-11-25(3)12-10-20(28-21(29)14-32-4)16(2)22(25)23(18)30/h5-8,15-16,18,20,22-23,30H,9-14H2,1-4H3,(H,27,31)(H,28,29)/t15-,16-,18-,20-,22+,23-,25+/m0/s1. The number of ether oxygens (including phenoxy) is 1. The van der Waals surface area contributed by atoms with E-state index in [1.54, 1.807) is 0 Å². The van der Waals surface area contributed by atoms with Crippen LogP contribution in [0.5, 0.6) is 0 Å². The number of hydrogen-bond acceptors (Lipinski definition) is 4. The van der Waals surface area contributed by atoms with Gasteiger partial charge >= 0.3 is 0 Å². The molecule has 2 amide bonds. The maximum atomic E-state index is 12.9. The molecule has 0 unspecified atom stereocenters. The van der Waals surface area contributed by atoms with Crippen molar-refractivity contribution >= 4 is 23.4 Å². The molecule has 0 aromatic heterocycles. The number of carbonyl (C=O) groups excluding carboxylic acids is 2. The van der Waals surface area contributed by atoms with Gasteiger partial charge < -0.3 is 20.5 Å². The fourth-order valence-electron chi connectivity index (χ4n) is 6.06. The van der Waals surface area contributed by atoms with Crippen molar-refractivity contribution in [3.05, 3.63) is 34.9 Å². The first kappa shape index (κ1) is 25.0. The highest BCUT2D eigenvalue weighted by Gasteiger charge is 2.53. The lowest BCUT2D eigenvalue weighted by Crippen LogP contribution is -2.58. The number of nitrogens with one attached hydrogen (secondary N) is 2. The molecule has 7 heteroatoms. The lowest BCUT2D eigenvalue weighted by molar-refractivity contribution is -0.144. The summed E-state index contributed by atoms with van der Waals surface area (Å²) in [7, 11) is 1.51. The normalized spacial score (nSPS) is 33.1. The highest BCUT2D eigenvalue weighted by atomic mass is 35.5. The number of benzene rings is 1. The first-order chi connectivity index (χ1) is 15.2. The zero-order valence-electron chi connectivity index (χ0n) is 19.6. The third kappa shape index (κ3) is 5.29. The molecule has 0 radical (unpaired) electrons. The van der Waals surface area contributed by atoms with Crippen molar-refractivity contribution < 1.29 is 19.4 Å². The Morgan fingerprint density at radius 2 is 1.97 bits per heavy atom. The van der Waals surface area contributed by atoms with Crippen LogP contribution in [-0.4, -0.2) is 42.8 Å². The van der Waals surface area contributed by atoms with Gasteiger partial charge in [-0.1, -0.05) is 50.6 Å². The van der Waals surface area contributed by atoms with Crippen molar-refractivity contribution in [3.63, 3.8) is 0 Å². The number of amides is 2. The maximum absolute atomic E-state index is 12.9. The highest BCUT2D eigenvalue weighted by Crippen LogP contribution is 2.55. The second kappa shape index (κ2) is 10.5. The second-order valence-electron chi connectivity index (χ2n) is 9.98. The molecule has 0 bridgehead atoms. The first-order valence-corrected chi connectivity index (χ1v) is 12.0. The molecule has 7 atom stereocenters. The number of rotatable bonds is 7. The van der Waals surface area contributed by atoms with Crippen LogP contribution in [0.15, 0.2) is 24.3 Å². The van der Waals surface area contributed by atoms with Crippen LogP contribution in [0, 0.1) is 29.1 Å². The van der Waals surface area contributed by atoms with Crippen LogP contribution in [0.1, 0.15) is 52.0 Å². The summed E-state index contributed by atoms with van der Waals surface area (Å²) in [6.07, 6.45) is 3.06. The van der Waals surface area contributed by atoms with Crippen molar-refractivity contribution in [3.8, 4) is 0 Å². The molecule has 2 fully saturated rings. The lowest BCUT2D eigenvalue weighted by Gasteiger charge is -2.56. The maximum Gasteiger partial charge on any atom is 0.246 e. The number of carbonyl (C=O) groups is 2. The Bertz CT molecular complexity index is 819. The van der Waals surface area contributed by atoms with E-state index in [0.29, 0.717) is 11.6 Å². The van der Waals surface area contributed by atoms with Crippen LogP contribution >= 0.6 is 11.6 Å². The van der Waals surface area contributed by atoms with Gasteiger partial charge in [0, 0.05) is 30.6 Å². The first-order valence-electron chi connectivity index (χ1n) is 11.7. The summed E-state index contributed by atoms with van der Waals surface area (Å²) < 4.78 is 4.95. The minimum absolute atomic E-state index is 0.00785. The van der Waals surface area contributed by atoms with E-state index in [9.17, 15) is 14.7 Å². The lowest BCUT2D eigenvalue weighted by atomic mass is 9.51. The number of methoxy groups -OCH3 is 1. The molecule has 3 rings (SSSR count). The van der Waals surface area contributed by atoms with Crippen LogP contribution in [0.3, 0.4) is 0 Å². The summed E-state index contributed by atoms with van der Waals surface area (Å²) in [5.41, 5.74) is 0.896. The van der Waals surface area contributed by atoms with Crippen LogP contribution in [-0.2, 0) is 20.9 Å². The van der Waals surface area contributed by atoms with E-state index >= 15 is 0 Å². The molecule has 2 saturated carbocycles.